The van der Waals surface area contributed by atoms with Gasteiger partial charge in [0, 0.05) is 17.2 Å². The monoisotopic (exact) mass is 413 g/mol. The second-order valence-electron chi connectivity index (χ2n) is 7.13. The Morgan fingerprint density at radius 1 is 1.03 bits per heavy atom. The van der Waals surface area contributed by atoms with Crippen LogP contribution < -0.4 is 0 Å². The van der Waals surface area contributed by atoms with Gasteiger partial charge in [-0.1, -0.05) is 18.2 Å². The smallest absolute Gasteiger partial charge is 0.254 e. The Bertz CT molecular complexity index is 1110. The summed E-state index contributed by atoms with van der Waals surface area (Å²) in [7, 11) is -3.15. The van der Waals surface area contributed by atoms with Crippen LogP contribution in [0.4, 0.5) is 4.39 Å². The molecule has 0 unspecified atom stereocenters. The number of rotatable bonds is 5. The van der Waals surface area contributed by atoms with E-state index in [1.54, 1.807) is 53.4 Å². The molecule has 0 saturated carbocycles. The van der Waals surface area contributed by atoms with Crippen LogP contribution in [0, 0.1) is 5.82 Å². The number of halogens is 1. The molecule has 29 heavy (non-hydrogen) atoms. The van der Waals surface area contributed by atoms with E-state index >= 15 is 0 Å². The Hall–Kier alpha value is -2.93. The minimum absolute atomic E-state index is 0.0445. The van der Waals surface area contributed by atoms with E-state index in [1.165, 1.54) is 12.1 Å². The van der Waals surface area contributed by atoms with Gasteiger partial charge >= 0.3 is 0 Å². The number of carbonyl (C=O) groups is 1. The van der Waals surface area contributed by atoms with Crippen LogP contribution in [-0.4, -0.2) is 36.8 Å². The van der Waals surface area contributed by atoms with E-state index < -0.39 is 15.9 Å². The van der Waals surface area contributed by atoms with Crippen molar-refractivity contribution in [2.24, 2.45) is 0 Å². The van der Waals surface area contributed by atoms with E-state index in [-0.39, 0.29) is 29.8 Å². The summed E-state index contributed by atoms with van der Waals surface area (Å²) in [5, 5.41) is 0. The summed E-state index contributed by atoms with van der Waals surface area (Å²) in [6.45, 7) is 0.162. The van der Waals surface area contributed by atoms with Crippen LogP contribution in [0.5, 0.6) is 0 Å². The maximum absolute atomic E-state index is 13.1. The van der Waals surface area contributed by atoms with Gasteiger partial charge in [-0.15, -0.1) is 0 Å². The Morgan fingerprint density at radius 2 is 1.76 bits per heavy atom. The molecule has 0 radical (unpaired) electrons. The molecule has 7 heteroatoms. The zero-order chi connectivity index (χ0) is 20.4. The summed E-state index contributed by atoms with van der Waals surface area (Å²) < 4.78 is 43.0. The third-order valence-electron chi connectivity index (χ3n) is 5.05. The fourth-order valence-corrected chi connectivity index (χ4v) is 5.27. The van der Waals surface area contributed by atoms with E-state index in [4.69, 9.17) is 4.42 Å². The highest BCUT2D eigenvalue weighted by atomic mass is 32.2. The van der Waals surface area contributed by atoms with Gasteiger partial charge in [-0.3, -0.25) is 4.79 Å². The summed E-state index contributed by atoms with van der Waals surface area (Å²) in [5.41, 5.74) is 1.23. The van der Waals surface area contributed by atoms with E-state index in [2.05, 4.69) is 0 Å². The van der Waals surface area contributed by atoms with Crippen molar-refractivity contribution in [3.8, 4) is 11.3 Å². The molecule has 150 valence electrons. The molecule has 0 spiro atoms. The van der Waals surface area contributed by atoms with Crippen LogP contribution >= 0.6 is 0 Å². The molecule has 3 aromatic rings. The summed E-state index contributed by atoms with van der Waals surface area (Å²) in [4.78, 5) is 14.7. The Kier molecular flexibility index (Phi) is 5.24. The minimum atomic E-state index is -3.15. The lowest BCUT2D eigenvalue weighted by atomic mass is 10.1. The van der Waals surface area contributed by atoms with E-state index in [9.17, 15) is 17.6 Å². The highest BCUT2D eigenvalue weighted by Gasteiger charge is 2.35. The fraction of sp³-hybridized carbons (Fsp3) is 0.227. The summed E-state index contributed by atoms with van der Waals surface area (Å²) in [5.74, 6) is 0.575. The van der Waals surface area contributed by atoms with Crippen molar-refractivity contribution in [3.05, 3.63) is 83.9 Å². The molecule has 0 N–H and O–H groups in total. The van der Waals surface area contributed by atoms with Crippen LogP contribution in [-0.2, 0) is 16.4 Å². The number of hydrogen-bond donors (Lipinski definition) is 0. The molecule has 2 aromatic carbocycles. The molecular formula is C22H20FNO4S. The third kappa shape index (κ3) is 4.40. The fourth-order valence-electron chi connectivity index (χ4n) is 3.53. The van der Waals surface area contributed by atoms with Gasteiger partial charge in [-0.05, 0) is 55.0 Å². The van der Waals surface area contributed by atoms with Gasteiger partial charge < -0.3 is 9.32 Å². The molecule has 1 fully saturated rings. The van der Waals surface area contributed by atoms with Gasteiger partial charge in [0.15, 0.2) is 9.84 Å². The molecule has 1 aliphatic heterocycles. The summed E-state index contributed by atoms with van der Waals surface area (Å²) in [6, 6.07) is 17.9. The first kappa shape index (κ1) is 19.4. The molecule has 1 saturated heterocycles. The number of benzene rings is 2. The van der Waals surface area contributed by atoms with Crippen LogP contribution in [0.15, 0.2) is 71.1 Å². The van der Waals surface area contributed by atoms with E-state index in [0.717, 1.165) is 5.56 Å². The predicted octanol–water partition coefficient (Wildman–Crippen LogP) is 3.92. The quantitative estimate of drug-likeness (QED) is 0.636. The molecule has 0 bridgehead atoms. The molecule has 1 aromatic heterocycles. The van der Waals surface area contributed by atoms with Crippen molar-refractivity contribution in [3.63, 3.8) is 0 Å². The molecule has 1 atom stereocenters. The number of nitrogens with zero attached hydrogens (tertiary/aromatic N) is 1. The van der Waals surface area contributed by atoms with Crippen molar-refractivity contribution in [2.75, 3.05) is 11.5 Å². The molecule has 2 heterocycles. The normalized spacial score (nSPS) is 17.9. The van der Waals surface area contributed by atoms with Crippen molar-refractivity contribution in [1.29, 1.82) is 0 Å². The number of sulfone groups is 1. The van der Waals surface area contributed by atoms with E-state index in [1.807, 2.05) is 6.07 Å². The SMILES string of the molecule is O=C(c1ccccc1)N(Cc1ccc(-c2ccc(F)cc2)o1)[C@H]1CCS(=O)(=O)C1. The van der Waals surface area contributed by atoms with Crippen molar-refractivity contribution >= 4 is 15.7 Å². The van der Waals surface area contributed by atoms with Gasteiger partial charge in [-0.2, -0.15) is 0 Å². The first-order chi connectivity index (χ1) is 13.9. The molecule has 1 amide bonds. The first-order valence-electron chi connectivity index (χ1n) is 9.32. The highest BCUT2D eigenvalue weighted by molar-refractivity contribution is 7.91. The van der Waals surface area contributed by atoms with Crippen LogP contribution in [0.2, 0.25) is 0 Å². The summed E-state index contributed by atoms with van der Waals surface area (Å²) in [6.07, 6.45) is 0.409. The Balaban J connectivity index is 1.60. The third-order valence-corrected chi connectivity index (χ3v) is 6.80. The maximum atomic E-state index is 13.1. The second kappa shape index (κ2) is 7.83. The number of carbonyl (C=O) groups excluding carboxylic acids is 1. The standard InChI is InChI=1S/C22H20FNO4S/c23-18-8-6-16(7-9-18)21-11-10-20(28-21)14-24(19-12-13-29(26,27)15-19)22(25)17-4-2-1-3-5-17/h1-11,19H,12-15H2/t19-/m0/s1. The van der Waals surface area contributed by atoms with Crippen LogP contribution in [0.25, 0.3) is 11.3 Å². The topological polar surface area (TPSA) is 67.6 Å². The molecule has 1 aliphatic rings. The minimum Gasteiger partial charge on any atom is -0.459 e. The van der Waals surface area contributed by atoms with Gasteiger partial charge in [-0.25, -0.2) is 12.8 Å². The molecule has 0 aliphatic carbocycles. The van der Waals surface area contributed by atoms with Crippen molar-refractivity contribution in [2.45, 2.75) is 19.0 Å². The average molecular weight is 413 g/mol. The molecule has 5 nitrogen and oxygen atoms in total. The van der Waals surface area contributed by atoms with E-state index in [0.29, 0.717) is 23.5 Å². The average Bonchev–Trinajstić information content (AvgIpc) is 3.33. The van der Waals surface area contributed by atoms with Crippen LogP contribution in [0.3, 0.4) is 0 Å². The number of furan rings is 1. The van der Waals surface area contributed by atoms with Crippen LogP contribution in [0.1, 0.15) is 22.5 Å². The largest absolute Gasteiger partial charge is 0.459 e. The highest BCUT2D eigenvalue weighted by Crippen LogP contribution is 2.26. The predicted molar refractivity (Wildman–Crippen MR) is 107 cm³/mol. The zero-order valence-corrected chi connectivity index (χ0v) is 16.4. The number of amides is 1. The van der Waals surface area contributed by atoms with Crippen molar-refractivity contribution < 1.29 is 22.0 Å². The summed E-state index contributed by atoms with van der Waals surface area (Å²) >= 11 is 0. The van der Waals surface area contributed by atoms with Gasteiger partial charge in [0.25, 0.3) is 5.91 Å². The lowest BCUT2D eigenvalue weighted by Gasteiger charge is -2.27. The van der Waals surface area contributed by atoms with Crippen molar-refractivity contribution in [1.82, 2.24) is 4.90 Å². The Morgan fingerprint density at radius 3 is 2.41 bits per heavy atom. The Labute approximate surface area is 168 Å². The molecule has 4 rings (SSSR count). The maximum Gasteiger partial charge on any atom is 0.254 e. The first-order valence-corrected chi connectivity index (χ1v) is 11.1. The lowest BCUT2D eigenvalue weighted by Crippen LogP contribution is -2.40. The molecular weight excluding hydrogens is 393 g/mol. The van der Waals surface area contributed by atoms with Gasteiger partial charge in [0.05, 0.1) is 18.1 Å². The van der Waals surface area contributed by atoms with Gasteiger partial charge in [0.2, 0.25) is 0 Å². The second-order valence-corrected chi connectivity index (χ2v) is 9.36. The van der Waals surface area contributed by atoms with Gasteiger partial charge in [0.1, 0.15) is 17.3 Å². The zero-order valence-electron chi connectivity index (χ0n) is 15.6. The number of hydrogen-bond acceptors (Lipinski definition) is 4. The lowest BCUT2D eigenvalue weighted by molar-refractivity contribution is 0.0666.